The number of hydrogen-bond donors (Lipinski definition) is 0. The predicted molar refractivity (Wildman–Crippen MR) is 131 cm³/mol. The number of fused-ring (bicyclic) bond motifs is 3. The summed E-state index contributed by atoms with van der Waals surface area (Å²) in [6, 6.07) is 7.81. The summed E-state index contributed by atoms with van der Waals surface area (Å²) >= 11 is 0. The topological polar surface area (TPSA) is 109 Å². The smallest absolute Gasteiger partial charge is 0.310 e. The van der Waals surface area contributed by atoms with Crippen LogP contribution in [-0.4, -0.2) is 36.9 Å². The van der Waals surface area contributed by atoms with Crippen LogP contribution in [0.15, 0.2) is 41.0 Å². The number of carbonyl (C=O) groups is 4. The molecule has 0 spiro atoms. The van der Waals surface area contributed by atoms with Gasteiger partial charge in [0.15, 0.2) is 11.9 Å². The van der Waals surface area contributed by atoms with Crippen LogP contribution < -0.4 is 0 Å². The lowest BCUT2D eigenvalue weighted by molar-refractivity contribution is -0.210. The number of halogens is 1. The zero-order chi connectivity index (χ0) is 27.4. The van der Waals surface area contributed by atoms with Gasteiger partial charge < -0.3 is 18.6 Å². The van der Waals surface area contributed by atoms with Gasteiger partial charge in [0, 0.05) is 24.8 Å². The van der Waals surface area contributed by atoms with Gasteiger partial charge >= 0.3 is 17.9 Å². The van der Waals surface area contributed by atoms with Crippen molar-refractivity contribution in [3.8, 4) is 11.3 Å². The third kappa shape index (κ3) is 3.94. The Hall–Kier alpha value is -3.49. The summed E-state index contributed by atoms with van der Waals surface area (Å²) in [6.45, 7) is 4.98. The molecule has 5 rings (SSSR count). The molecule has 0 amide bonds. The fraction of sp³-hybridized carbons (Fsp3) is 0.517. The maximum atomic E-state index is 14.6. The second-order valence-corrected chi connectivity index (χ2v) is 11.2. The molecular weight excluding hydrogens is 495 g/mol. The van der Waals surface area contributed by atoms with E-state index in [0.717, 1.165) is 0 Å². The number of methoxy groups -OCH3 is 1. The van der Waals surface area contributed by atoms with Crippen LogP contribution in [0.4, 0.5) is 4.39 Å². The van der Waals surface area contributed by atoms with E-state index in [2.05, 4.69) is 0 Å². The molecule has 2 aliphatic carbocycles. The van der Waals surface area contributed by atoms with Gasteiger partial charge in [-0.2, -0.15) is 0 Å². The van der Waals surface area contributed by atoms with E-state index in [-0.39, 0.29) is 29.9 Å². The molecule has 2 aromatic rings. The quantitative estimate of drug-likeness (QED) is 0.413. The Morgan fingerprint density at radius 3 is 2.53 bits per heavy atom. The van der Waals surface area contributed by atoms with Crippen molar-refractivity contribution in [2.45, 2.75) is 58.7 Å². The molecule has 8 nitrogen and oxygen atoms in total. The van der Waals surface area contributed by atoms with Crippen LogP contribution >= 0.6 is 0 Å². The van der Waals surface area contributed by atoms with Crippen molar-refractivity contribution in [1.29, 1.82) is 0 Å². The molecule has 3 fully saturated rings. The number of ketones is 1. The summed E-state index contributed by atoms with van der Waals surface area (Å²) in [5.41, 5.74) is -1.02. The van der Waals surface area contributed by atoms with Gasteiger partial charge in [-0.15, -0.1) is 0 Å². The van der Waals surface area contributed by atoms with Gasteiger partial charge in [-0.25, -0.2) is 4.39 Å². The largest absolute Gasteiger partial charge is 0.469 e. The average molecular weight is 527 g/mol. The van der Waals surface area contributed by atoms with Crippen molar-refractivity contribution in [2.24, 2.45) is 28.6 Å². The van der Waals surface area contributed by atoms with E-state index < -0.39 is 64.5 Å². The monoisotopic (exact) mass is 526 g/mol. The Morgan fingerprint density at radius 2 is 1.84 bits per heavy atom. The number of esters is 3. The van der Waals surface area contributed by atoms with E-state index in [1.165, 1.54) is 26.4 Å². The van der Waals surface area contributed by atoms with Crippen LogP contribution in [0.3, 0.4) is 0 Å². The molecule has 3 aliphatic rings. The van der Waals surface area contributed by atoms with E-state index >= 15 is 0 Å². The second kappa shape index (κ2) is 9.36. The number of cyclic esters (lactones) is 1. The van der Waals surface area contributed by atoms with Crippen LogP contribution in [0.5, 0.6) is 0 Å². The first-order valence-electron chi connectivity index (χ1n) is 12.8. The van der Waals surface area contributed by atoms with Crippen LogP contribution in [0, 0.1) is 34.4 Å². The van der Waals surface area contributed by atoms with Crippen LogP contribution in [-0.2, 0) is 33.4 Å². The van der Waals surface area contributed by atoms with Gasteiger partial charge in [-0.3, -0.25) is 19.2 Å². The van der Waals surface area contributed by atoms with E-state index in [1.807, 2.05) is 13.8 Å². The SMILES string of the molecule is COC(=O)[C@@H]1C[C@H](OC(C)=O)C(=O)[C@H]2[C@@]1(C)CC[C@H]1C(=O)O[C@H](c3ccoc3-c3ccccc3F)C[C@]21C. The molecule has 1 aromatic heterocycles. The molecule has 38 heavy (non-hydrogen) atoms. The lowest BCUT2D eigenvalue weighted by Gasteiger charge is -2.61. The molecule has 2 saturated carbocycles. The first-order valence-corrected chi connectivity index (χ1v) is 12.8. The van der Waals surface area contributed by atoms with Gasteiger partial charge in [-0.05, 0) is 48.3 Å². The summed E-state index contributed by atoms with van der Waals surface area (Å²) in [4.78, 5) is 52.3. The average Bonchev–Trinajstić information content (AvgIpc) is 3.34. The lowest BCUT2D eigenvalue weighted by Crippen LogP contribution is -2.64. The molecule has 0 radical (unpaired) electrons. The fourth-order valence-electron chi connectivity index (χ4n) is 7.43. The molecule has 202 valence electrons. The number of Topliss-reactive ketones (excluding diaryl/α,β-unsaturated/α-hetero) is 1. The maximum absolute atomic E-state index is 14.6. The van der Waals surface area contributed by atoms with Crippen molar-refractivity contribution >= 4 is 23.7 Å². The molecule has 9 heteroatoms. The molecule has 2 heterocycles. The first kappa shape index (κ1) is 26.1. The van der Waals surface area contributed by atoms with E-state index in [9.17, 15) is 23.6 Å². The number of ether oxygens (including phenoxy) is 3. The van der Waals surface area contributed by atoms with Crippen molar-refractivity contribution in [3.05, 3.63) is 48.0 Å². The minimum Gasteiger partial charge on any atom is -0.469 e. The third-order valence-corrected chi connectivity index (χ3v) is 9.06. The summed E-state index contributed by atoms with van der Waals surface area (Å²) < 4.78 is 36.7. The van der Waals surface area contributed by atoms with Gasteiger partial charge in [0.2, 0.25) is 0 Å². The lowest BCUT2D eigenvalue weighted by atomic mass is 9.43. The third-order valence-electron chi connectivity index (χ3n) is 9.06. The highest BCUT2D eigenvalue weighted by Crippen LogP contribution is 2.65. The standard InChI is InChI=1S/C29H31FO8/c1-15(31)37-21-13-19(26(33)35-4)28(2)11-9-18-27(34)38-22(14-29(18,3)25(28)23(21)32)17-10-12-36-24(17)16-7-5-6-8-20(16)30/h5-8,10,12,18-19,21-22,25H,9,11,13-14H2,1-4H3/t18-,19-,21-,22-,25-,28-,29-/m0/s1. The van der Waals surface area contributed by atoms with Crippen LogP contribution in [0.2, 0.25) is 0 Å². The zero-order valence-electron chi connectivity index (χ0n) is 21.8. The van der Waals surface area contributed by atoms with Gasteiger partial charge in [0.1, 0.15) is 17.7 Å². The van der Waals surface area contributed by atoms with Crippen LogP contribution in [0.1, 0.15) is 58.1 Å². The van der Waals surface area contributed by atoms with Gasteiger partial charge in [0.05, 0.1) is 30.8 Å². The minimum absolute atomic E-state index is 0.0336. The molecule has 0 unspecified atom stereocenters. The first-order chi connectivity index (χ1) is 18.0. The van der Waals surface area contributed by atoms with Gasteiger partial charge in [0.25, 0.3) is 0 Å². The van der Waals surface area contributed by atoms with Crippen molar-refractivity contribution < 1.29 is 42.2 Å². The number of carbonyl (C=O) groups excluding carboxylic acids is 4. The number of benzene rings is 1. The normalized spacial score (nSPS) is 34.5. The Bertz CT molecular complexity index is 1300. The number of hydrogen-bond acceptors (Lipinski definition) is 8. The highest BCUT2D eigenvalue weighted by Gasteiger charge is 2.68. The zero-order valence-corrected chi connectivity index (χ0v) is 21.8. The van der Waals surface area contributed by atoms with E-state index in [1.54, 1.807) is 24.3 Å². The molecular formula is C29H31FO8. The van der Waals surface area contributed by atoms with Crippen LogP contribution in [0.25, 0.3) is 11.3 Å². The van der Waals surface area contributed by atoms with Crippen molar-refractivity contribution in [1.82, 2.24) is 0 Å². The predicted octanol–water partition coefficient (Wildman–Crippen LogP) is 4.81. The molecule has 7 atom stereocenters. The fourth-order valence-corrected chi connectivity index (χ4v) is 7.43. The Morgan fingerprint density at radius 1 is 1.11 bits per heavy atom. The molecule has 0 bridgehead atoms. The Labute approximate surface area is 219 Å². The molecule has 1 aromatic carbocycles. The number of rotatable bonds is 4. The summed E-state index contributed by atoms with van der Waals surface area (Å²) in [5, 5.41) is 0. The summed E-state index contributed by atoms with van der Waals surface area (Å²) in [6.07, 6.45) is 0.632. The highest BCUT2D eigenvalue weighted by molar-refractivity contribution is 5.93. The second-order valence-electron chi connectivity index (χ2n) is 11.2. The maximum Gasteiger partial charge on any atom is 0.310 e. The van der Waals surface area contributed by atoms with Crippen molar-refractivity contribution in [2.75, 3.05) is 7.11 Å². The number of furan rings is 1. The molecule has 1 saturated heterocycles. The Kier molecular flexibility index (Phi) is 6.44. The van der Waals surface area contributed by atoms with E-state index in [0.29, 0.717) is 18.4 Å². The van der Waals surface area contributed by atoms with E-state index in [4.69, 9.17) is 18.6 Å². The molecule has 1 aliphatic heterocycles. The van der Waals surface area contributed by atoms with Gasteiger partial charge in [-0.1, -0.05) is 26.0 Å². The summed E-state index contributed by atoms with van der Waals surface area (Å²) in [5.74, 6) is -4.16. The summed E-state index contributed by atoms with van der Waals surface area (Å²) in [7, 11) is 1.29. The minimum atomic E-state index is -1.12. The molecule has 0 N–H and O–H groups in total. The Balaban J connectivity index is 1.58. The van der Waals surface area contributed by atoms with Crippen molar-refractivity contribution in [3.63, 3.8) is 0 Å². The highest BCUT2D eigenvalue weighted by atomic mass is 19.1.